The second-order valence-electron chi connectivity index (χ2n) is 10.8. The van der Waals surface area contributed by atoms with E-state index in [1.54, 1.807) is 26.0 Å². The molecule has 4 rings (SSSR count). The monoisotopic (exact) mass is 663 g/mol. The minimum absolute atomic E-state index is 0. The van der Waals surface area contributed by atoms with Gasteiger partial charge < -0.3 is 18.5 Å². The van der Waals surface area contributed by atoms with Crippen molar-refractivity contribution in [3.63, 3.8) is 0 Å². The van der Waals surface area contributed by atoms with Crippen LogP contribution < -0.4 is 44.5 Å². The van der Waals surface area contributed by atoms with Crippen LogP contribution in [0.25, 0.3) is 0 Å². The number of imide groups is 1. The summed E-state index contributed by atoms with van der Waals surface area (Å²) in [5, 5.41) is 12.2. The Hall–Kier alpha value is -3.86. The number of rotatable bonds is 14. The van der Waals surface area contributed by atoms with E-state index in [1.165, 1.54) is 60.3 Å². The largest absolute Gasteiger partial charge is 1.00 e. The van der Waals surface area contributed by atoms with Crippen molar-refractivity contribution in [1.82, 2.24) is 15.7 Å². The Morgan fingerprint density at radius 1 is 0.935 bits per heavy atom. The average Bonchev–Trinajstić information content (AvgIpc) is 3.61. The van der Waals surface area contributed by atoms with Crippen LogP contribution in [0.2, 0.25) is 0 Å². The van der Waals surface area contributed by atoms with E-state index in [2.05, 4.69) is 9.50 Å². The summed E-state index contributed by atoms with van der Waals surface area (Å²) in [7, 11) is -5.01. The number of Topliss-reactive ketones (excluding diaryl/α,β-unsaturated/α-hetero) is 1. The topological polar surface area (TPSA) is 212 Å². The van der Waals surface area contributed by atoms with Crippen LogP contribution in [-0.4, -0.2) is 65.1 Å². The molecule has 0 radical (unpaired) electrons. The summed E-state index contributed by atoms with van der Waals surface area (Å²) in [5.41, 5.74) is 2.25. The summed E-state index contributed by atoms with van der Waals surface area (Å²) in [4.78, 5) is 67.3. The number of nitrogens with zero attached hydrogens (tertiary/aromatic N) is 1. The Bertz CT molecular complexity index is 1660. The molecule has 1 unspecified atom stereocenters. The van der Waals surface area contributed by atoms with E-state index in [1.807, 2.05) is 0 Å². The third-order valence-corrected chi connectivity index (χ3v) is 7.61. The van der Waals surface area contributed by atoms with Crippen molar-refractivity contribution in [2.75, 3.05) is 6.54 Å². The minimum Gasteiger partial charge on any atom is -0.716 e. The number of hydrogen-bond donors (Lipinski definition) is 3. The summed E-state index contributed by atoms with van der Waals surface area (Å²) >= 11 is 0. The normalized spacial score (nSPS) is 14.6. The van der Waals surface area contributed by atoms with Gasteiger partial charge in [-0.1, -0.05) is 38.1 Å². The molecule has 0 aliphatic carbocycles. The zero-order valence-corrected chi connectivity index (χ0v) is 28.0. The number of ketones is 1. The van der Waals surface area contributed by atoms with Crippen molar-refractivity contribution in [2.24, 2.45) is 17.8 Å². The van der Waals surface area contributed by atoms with Crippen molar-refractivity contribution in [3.05, 3.63) is 89.4 Å². The van der Waals surface area contributed by atoms with Gasteiger partial charge in [0.15, 0.2) is 5.76 Å². The van der Waals surface area contributed by atoms with E-state index >= 15 is 0 Å². The second kappa shape index (κ2) is 15.6. The quantitative estimate of drug-likeness (QED) is 0.0366. The first-order valence-electron chi connectivity index (χ1n) is 13.8. The molecule has 46 heavy (non-hydrogen) atoms. The van der Waals surface area contributed by atoms with Crippen molar-refractivity contribution >= 4 is 39.8 Å². The van der Waals surface area contributed by atoms with Gasteiger partial charge in [0, 0.05) is 13.0 Å². The van der Waals surface area contributed by atoms with Crippen LogP contribution in [0.5, 0.6) is 5.75 Å². The molecule has 3 atom stereocenters. The molecule has 2 aromatic carbocycles. The van der Waals surface area contributed by atoms with Crippen LogP contribution in [0.4, 0.5) is 0 Å². The maximum Gasteiger partial charge on any atom is 1.00 e. The molecule has 1 aromatic heterocycles. The fraction of sp³-hybridized carbons (Fsp3) is 0.300. The van der Waals surface area contributed by atoms with Gasteiger partial charge in [-0.15, -0.1) is 0 Å². The first kappa shape index (κ1) is 36.6. The third-order valence-electron chi connectivity index (χ3n) is 7.21. The molecule has 0 saturated carbocycles. The summed E-state index contributed by atoms with van der Waals surface area (Å²) in [6, 6.07) is 12.9. The number of carbonyl (C=O) groups excluding carboxylic acids is 5. The van der Waals surface area contributed by atoms with Crippen LogP contribution >= 0.6 is 0 Å². The molecule has 238 valence electrons. The van der Waals surface area contributed by atoms with Gasteiger partial charge in [0.05, 0.1) is 35.3 Å². The first-order valence-corrected chi connectivity index (χ1v) is 15.1. The summed E-state index contributed by atoms with van der Waals surface area (Å²) in [6.07, 6.45) is 1.22. The maximum absolute atomic E-state index is 13.9. The van der Waals surface area contributed by atoms with Crippen LogP contribution in [0.3, 0.4) is 0 Å². The molecule has 14 nitrogen and oxygen atoms in total. The molecule has 3 N–H and O–H groups in total. The molecular weight excluding hydrogens is 633 g/mol. The fourth-order valence-electron chi connectivity index (χ4n) is 5.15. The Kier molecular flexibility index (Phi) is 12.4. The average molecular weight is 664 g/mol. The van der Waals surface area contributed by atoms with Gasteiger partial charge >= 0.3 is 29.6 Å². The number of carbonyl (C=O) groups is 5. The predicted molar refractivity (Wildman–Crippen MR) is 154 cm³/mol. The smallest absolute Gasteiger partial charge is 0.716 e. The van der Waals surface area contributed by atoms with Crippen molar-refractivity contribution < 1.29 is 80.3 Å². The van der Waals surface area contributed by atoms with Gasteiger partial charge in [-0.05, 0) is 54.3 Å². The van der Waals surface area contributed by atoms with Crippen LogP contribution in [-0.2, 0) is 26.4 Å². The SMILES string of the molecule is CC(C)C[C@@H](C(=O)N[C@@H](Cc1ccc(OS(=O)(=O)[O-])cc1)C(=O)c1ccco1)C(CN1C(=O)c2ccccc2C1=O)C(=O)NO.[Na+]. The second-order valence-corrected chi connectivity index (χ2v) is 11.8. The van der Waals surface area contributed by atoms with E-state index in [4.69, 9.17) is 4.42 Å². The van der Waals surface area contributed by atoms with Gasteiger partial charge in [-0.25, -0.2) is 13.9 Å². The zero-order valence-electron chi connectivity index (χ0n) is 25.2. The predicted octanol–water partition coefficient (Wildman–Crippen LogP) is -0.887. The Balaban J connectivity index is 0.00000576. The van der Waals surface area contributed by atoms with Crippen molar-refractivity contribution in [2.45, 2.75) is 32.7 Å². The van der Waals surface area contributed by atoms with Gasteiger partial charge in [-0.3, -0.25) is 34.1 Å². The molecule has 0 spiro atoms. The molecule has 0 fully saturated rings. The van der Waals surface area contributed by atoms with Gasteiger partial charge in [0.25, 0.3) is 22.2 Å². The van der Waals surface area contributed by atoms with Gasteiger partial charge in [0.2, 0.25) is 17.6 Å². The van der Waals surface area contributed by atoms with Crippen LogP contribution in [0.15, 0.2) is 71.3 Å². The minimum atomic E-state index is -5.01. The number of nitrogens with one attached hydrogen (secondary N) is 2. The molecule has 3 aromatic rings. The molecule has 1 aliphatic heterocycles. The maximum atomic E-state index is 13.9. The van der Waals surface area contributed by atoms with Crippen molar-refractivity contribution in [3.8, 4) is 5.75 Å². The third kappa shape index (κ3) is 8.90. The fourth-order valence-corrected chi connectivity index (χ4v) is 5.50. The molecule has 16 heteroatoms. The summed E-state index contributed by atoms with van der Waals surface area (Å²) < 4.78 is 42.3. The molecule has 0 saturated heterocycles. The standard InChI is InChI=1S/C30H31N3O11S.Na/c1-17(2)14-22(23(28(36)32-39)16-33-29(37)20-6-3-4-7-21(20)30(33)38)27(35)31-24(26(34)25-8-5-13-43-25)15-18-9-11-19(12-10-18)44-45(40,41)42;/h3-13,17,22-24,39H,14-16H2,1-2H3,(H,31,35)(H,32,36)(H,40,41,42);/q;+1/p-1/t22-,23?,24+;/m1./s1. The molecular formula is C30H30N3NaO11S. The number of fused-ring (bicyclic) bond motifs is 1. The first-order chi connectivity index (χ1) is 21.3. The summed E-state index contributed by atoms with van der Waals surface area (Å²) in [5.74, 6) is -6.83. The number of hydroxylamine groups is 1. The van der Waals surface area contributed by atoms with Gasteiger partial charge in [-0.2, -0.15) is 0 Å². The Labute approximate surface area is 286 Å². The number of amides is 4. The Morgan fingerprint density at radius 3 is 2.04 bits per heavy atom. The van der Waals surface area contributed by atoms with Crippen molar-refractivity contribution in [1.29, 1.82) is 0 Å². The molecule has 2 heterocycles. The van der Waals surface area contributed by atoms with E-state index in [0.29, 0.717) is 5.56 Å². The summed E-state index contributed by atoms with van der Waals surface area (Å²) in [6.45, 7) is 3.05. The molecule has 0 bridgehead atoms. The van der Waals surface area contributed by atoms with Crippen LogP contribution in [0, 0.1) is 17.8 Å². The number of furan rings is 1. The number of benzene rings is 2. The molecule has 4 amide bonds. The van der Waals surface area contributed by atoms with E-state index in [0.717, 1.165) is 4.90 Å². The van der Waals surface area contributed by atoms with E-state index < -0.39 is 64.2 Å². The zero-order chi connectivity index (χ0) is 32.9. The Morgan fingerprint density at radius 2 is 1.54 bits per heavy atom. The molecule has 1 aliphatic rings. The van der Waals surface area contributed by atoms with E-state index in [-0.39, 0.29) is 71.0 Å². The number of hydrogen-bond acceptors (Lipinski definition) is 11. The van der Waals surface area contributed by atoms with E-state index in [9.17, 15) is 42.2 Å². The van der Waals surface area contributed by atoms with Crippen LogP contribution in [0.1, 0.15) is 57.1 Å². The van der Waals surface area contributed by atoms with Gasteiger partial charge in [0.1, 0.15) is 5.75 Å².